The standard InChI is InChI=1S/C10H16N2O3/c1-6(2)8(9(13)14)7-5-15-10(11-7)12(3)4/h5-6,8H,1-4H3,(H,13,14). The van der Waals surface area contributed by atoms with E-state index in [-0.39, 0.29) is 5.92 Å². The van der Waals surface area contributed by atoms with E-state index in [1.807, 2.05) is 13.8 Å². The number of hydrogen-bond acceptors (Lipinski definition) is 4. The molecule has 1 N–H and O–H groups in total. The van der Waals surface area contributed by atoms with E-state index < -0.39 is 11.9 Å². The van der Waals surface area contributed by atoms with Crippen molar-refractivity contribution in [3.63, 3.8) is 0 Å². The smallest absolute Gasteiger partial charge is 0.312 e. The number of carboxylic acids is 1. The SMILES string of the molecule is CC(C)C(C(=O)O)c1coc(N(C)C)n1. The van der Waals surface area contributed by atoms with Crippen molar-refractivity contribution >= 4 is 12.0 Å². The van der Waals surface area contributed by atoms with Crippen LogP contribution in [0.25, 0.3) is 0 Å². The van der Waals surface area contributed by atoms with E-state index >= 15 is 0 Å². The van der Waals surface area contributed by atoms with Crippen LogP contribution in [0.4, 0.5) is 6.01 Å². The number of aromatic nitrogens is 1. The van der Waals surface area contributed by atoms with Gasteiger partial charge in [-0.2, -0.15) is 4.98 Å². The van der Waals surface area contributed by atoms with E-state index in [4.69, 9.17) is 9.52 Å². The fraction of sp³-hybridized carbons (Fsp3) is 0.600. The number of hydrogen-bond donors (Lipinski definition) is 1. The summed E-state index contributed by atoms with van der Waals surface area (Å²) in [5, 5.41) is 9.05. The van der Waals surface area contributed by atoms with Gasteiger partial charge in [-0.3, -0.25) is 4.79 Å². The molecule has 0 aromatic carbocycles. The first-order valence-corrected chi connectivity index (χ1v) is 4.79. The normalized spacial score (nSPS) is 12.9. The first-order valence-electron chi connectivity index (χ1n) is 4.79. The monoisotopic (exact) mass is 212 g/mol. The van der Waals surface area contributed by atoms with Gasteiger partial charge in [-0.05, 0) is 5.92 Å². The molecule has 1 rings (SSSR count). The van der Waals surface area contributed by atoms with E-state index in [0.29, 0.717) is 11.7 Å². The summed E-state index contributed by atoms with van der Waals surface area (Å²) < 4.78 is 5.16. The van der Waals surface area contributed by atoms with Gasteiger partial charge >= 0.3 is 5.97 Å². The van der Waals surface area contributed by atoms with Crippen LogP contribution in [0.15, 0.2) is 10.7 Å². The summed E-state index contributed by atoms with van der Waals surface area (Å²) in [6.07, 6.45) is 1.41. The summed E-state index contributed by atoms with van der Waals surface area (Å²) in [5.41, 5.74) is 0.473. The van der Waals surface area contributed by atoms with E-state index in [0.717, 1.165) is 0 Å². The summed E-state index contributed by atoms with van der Waals surface area (Å²) in [4.78, 5) is 16.9. The second-order valence-corrected chi connectivity index (χ2v) is 4.01. The number of rotatable bonds is 4. The molecule has 0 saturated heterocycles. The topological polar surface area (TPSA) is 66.6 Å². The first-order chi connectivity index (χ1) is 6.93. The minimum absolute atomic E-state index is 0.0115. The van der Waals surface area contributed by atoms with Crippen LogP contribution in [0.2, 0.25) is 0 Å². The molecule has 0 aliphatic carbocycles. The number of carboxylic acid groups (broad SMARTS) is 1. The van der Waals surface area contributed by atoms with Gasteiger partial charge in [0, 0.05) is 14.1 Å². The molecule has 15 heavy (non-hydrogen) atoms. The third-order valence-electron chi connectivity index (χ3n) is 2.14. The van der Waals surface area contributed by atoms with E-state index in [1.54, 1.807) is 19.0 Å². The molecular formula is C10H16N2O3. The fourth-order valence-corrected chi connectivity index (χ4v) is 1.38. The Hall–Kier alpha value is -1.52. The molecule has 0 saturated carbocycles. The Morgan fingerprint density at radius 2 is 2.13 bits per heavy atom. The molecule has 0 bridgehead atoms. The molecule has 5 nitrogen and oxygen atoms in total. The summed E-state index contributed by atoms with van der Waals surface area (Å²) in [7, 11) is 3.58. The lowest BCUT2D eigenvalue weighted by atomic mass is 9.93. The van der Waals surface area contributed by atoms with Gasteiger partial charge in [0.05, 0.1) is 5.69 Å². The molecular weight excluding hydrogens is 196 g/mol. The number of anilines is 1. The van der Waals surface area contributed by atoms with Crippen molar-refractivity contribution in [1.29, 1.82) is 0 Å². The molecule has 5 heteroatoms. The van der Waals surface area contributed by atoms with Gasteiger partial charge in [0.2, 0.25) is 0 Å². The zero-order valence-electron chi connectivity index (χ0n) is 9.39. The van der Waals surface area contributed by atoms with E-state index in [2.05, 4.69) is 4.98 Å². The lowest BCUT2D eigenvalue weighted by Crippen LogP contribution is -2.18. The Morgan fingerprint density at radius 3 is 2.47 bits per heavy atom. The molecule has 1 atom stereocenters. The molecule has 1 aromatic rings. The maximum absolute atomic E-state index is 11.0. The molecule has 0 spiro atoms. The van der Waals surface area contributed by atoms with Crippen LogP contribution < -0.4 is 4.90 Å². The number of carbonyl (C=O) groups is 1. The maximum atomic E-state index is 11.0. The molecule has 84 valence electrons. The van der Waals surface area contributed by atoms with Crippen LogP contribution in [-0.2, 0) is 4.79 Å². The van der Waals surface area contributed by atoms with Gasteiger partial charge in [0.15, 0.2) is 0 Å². The van der Waals surface area contributed by atoms with Gasteiger partial charge < -0.3 is 14.4 Å². The van der Waals surface area contributed by atoms with Crippen LogP contribution >= 0.6 is 0 Å². The zero-order chi connectivity index (χ0) is 11.6. The average Bonchev–Trinajstić information content (AvgIpc) is 2.51. The minimum atomic E-state index is -0.872. The predicted molar refractivity (Wildman–Crippen MR) is 56.0 cm³/mol. The highest BCUT2D eigenvalue weighted by Gasteiger charge is 2.27. The summed E-state index contributed by atoms with van der Waals surface area (Å²) >= 11 is 0. The predicted octanol–water partition coefficient (Wildman–Crippen LogP) is 1.56. The van der Waals surface area contributed by atoms with Gasteiger partial charge in [-0.25, -0.2) is 0 Å². The Balaban J connectivity index is 2.97. The fourth-order valence-electron chi connectivity index (χ4n) is 1.38. The van der Waals surface area contributed by atoms with Crippen LogP contribution in [0, 0.1) is 5.92 Å². The van der Waals surface area contributed by atoms with Crippen molar-refractivity contribution < 1.29 is 14.3 Å². The van der Waals surface area contributed by atoms with Crippen molar-refractivity contribution in [1.82, 2.24) is 4.98 Å². The Kier molecular flexibility index (Phi) is 3.34. The molecule has 0 aliphatic heterocycles. The quantitative estimate of drug-likeness (QED) is 0.820. The molecule has 1 heterocycles. The van der Waals surface area contributed by atoms with Crippen molar-refractivity contribution in [2.45, 2.75) is 19.8 Å². The Morgan fingerprint density at radius 1 is 1.53 bits per heavy atom. The van der Waals surface area contributed by atoms with Gasteiger partial charge in [0.1, 0.15) is 12.2 Å². The number of nitrogens with zero attached hydrogens (tertiary/aromatic N) is 2. The summed E-state index contributed by atoms with van der Waals surface area (Å²) in [5.74, 6) is -1.49. The second-order valence-electron chi connectivity index (χ2n) is 4.01. The van der Waals surface area contributed by atoms with Crippen molar-refractivity contribution in [3.8, 4) is 0 Å². The molecule has 0 amide bonds. The molecule has 0 radical (unpaired) electrons. The van der Waals surface area contributed by atoms with Crippen LogP contribution in [-0.4, -0.2) is 30.2 Å². The highest BCUT2D eigenvalue weighted by Crippen LogP contribution is 2.25. The molecule has 1 unspecified atom stereocenters. The molecule has 0 aliphatic rings. The zero-order valence-corrected chi connectivity index (χ0v) is 9.39. The minimum Gasteiger partial charge on any atom is -0.481 e. The van der Waals surface area contributed by atoms with Gasteiger partial charge in [0.25, 0.3) is 6.01 Å². The van der Waals surface area contributed by atoms with E-state index in [9.17, 15) is 4.79 Å². The summed E-state index contributed by atoms with van der Waals surface area (Å²) in [6.45, 7) is 3.70. The van der Waals surface area contributed by atoms with Crippen molar-refractivity contribution in [2.75, 3.05) is 19.0 Å². The molecule has 0 fully saturated rings. The average molecular weight is 212 g/mol. The Labute approximate surface area is 88.7 Å². The Bertz CT molecular complexity index is 344. The lowest BCUT2D eigenvalue weighted by molar-refractivity contribution is -0.140. The highest BCUT2D eigenvalue weighted by atomic mass is 16.4. The van der Waals surface area contributed by atoms with Crippen molar-refractivity contribution in [2.24, 2.45) is 5.92 Å². The van der Waals surface area contributed by atoms with Crippen LogP contribution in [0.1, 0.15) is 25.5 Å². The third-order valence-corrected chi connectivity index (χ3v) is 2.14. The van der Waals surface area contributed by atoms with Gasteiger partial charge in [-0.1, -0.05) is 13.8 Å². The van der Waals surface area contributed by atoms with E-state index in [1.165, 1.54) is 6.26 Å². The van der Waals surface area contributed by atoms with Crippen LogP contribution in [0.5, 0.6) is 0 Å². The third kappa shape index (κ3) is 2.49. The highest BCUT2D eigenvalue weighted by molar-refractivity contribution is 5.75. The first kappa shape index (κ1) is 11.6. The second kappa shape index (κ2) is 4.33. The van der Waals surface area contributed by atoms with Gasteiger partial charge in [-0.15, -0.1) is 0 Å². The van der Waals surface area contributed by atoms with Crippen molar-refractivity contribution in [3.05, 3.63) is 12.0 Å². The van der Waals surface area contributed by atoms with Crippen LogP contribution in [0.3, 0.4) is 0 Å². The maximum Gasteiger partial charge on any atom is 0.312 e. The number of oxazole rings is 1. The lowest BCUT2D eigenvalue weighted by Gasteiger charge is -2.12. The largest absolute Gasteiger partial charge is 0.481 e. The molecule has 1 aromatic heterocycles. The number of aliphatic carboxylic acids is 1. The summed E-state index contributed by atoms with van der Waals surface area (Å²) in [6, 6.07) is 0.428.